The van der Waals surface area contributed by atoms with Gasteiger partial charge in [0.15, 0.2) is 0 Å². The van der Waals surface area contributed by atoms with Gasteiger partial charge in [-0.15, -0.1) is 0 Å². The maximum absolute atomic E-state index is 2.58. The van der Waals surface area contributed by atoms with E-state index in [0.717, 1.165) is 0 Å². The lowest BCUT2D eigenvalue weighted by atomic mass is 10.3. The average Bonchev–Trinajstić information content (AvgIpc) is 1.95. The van der Waals surface area contributed by atoms with Crippen LogP contribution < -0.4 is 0 Å². The van der Waals surface area contributed by atoms with Crippen LogP contribution in [0.3, 0.4) is 0 Å². The second-order valence-corrected chi connectivity index (χ2v) is 9.84. The summed E-state index contributed by atoms with van der Waals surface area (Å²) in [4.78, 5) is 0. The van der Waals surface area contributed by atoms with Crippen molar-refractivity contribution in [1.29, 1.82) is 0 Å². The van der Waals surface area contributed by atoms with Crippen molar-refractivity contribution in [1.82, 2.24) is 4.57 Å². The highest BCUT2D eigenvalue weighted by atomic mass is 28.3. The van der Waals surface area contributed by atoms with E-state index in [1.54, 1.807) is 0 Å². The second kappa shape index (κ2) is 5.48. The summed E-state index contributed by atoms with van der Waals surface area (Å²) in [6, 6.07) is 0. The molecule has 0 spiro atoms. The number of hydrogen-bond acceptors (Lipinski definition) is 1. The molecule has 0 aromatic carbocycles. The Morgan fingerprint density at radius 2 is 1.77 bits per heavy atom. The summed E-state index contributed by atoms with van der Waals surface area (Å²) in [6.45, 7) is 15.1. The lowest BCUT2D eigenvalue weighted by molar-refractivity contribution is 0.527. The van der Waals surface area contributed by atoms with E-state index in [4.69, 9.17) is 0 Å². The van der Waals surface area contributed by atoms with Gasteiger partial charge in [0.25, 0.3) is 0 Å². The molecule has 0 aromatic rings. The molecule has 0 saturated carbocycles. The fraction of sp³-hybridized carbons (Fsp3) is 0.818. The molecule has 78 valence electrons. The minimum Gasteiger partial charge on any atom is -0.404 e. The number of unbranched alkanes of at least 4 members (excludes halogenated alkanes) is 1. The second-order valence-electron chi connectivity index (χ2n) is 4.92. The van der Waals surface area contributed by atoms with Crippen LogP contribution in [0.1, 0.15) is 33.6 Å². The van der Waals surface area contributed by atoms with Crippen LogP contribution in [0.2, 0.25) is 19.6 Å². The summed E-state index contributed by atoms with van der Waals surface area (Å²) >= 11 is 0. The summed E-state index contributed by atoms with van der Waals surface area (Å²) in [5.74, 6) is 0. The van der Waals surface area contributed by atoms with Crippen molar-refractivity contribution in [2.45, 2.75) is 53.3 Å². The Kier molecular flexibility index (Phi) is 5.38. The van der Waals surface area contributed by atoms with E-state index >= 15 is 0 Å². The third-order valence-electron chi connectivity index (χ3n) is 2.03. The molecule has 0 aliphatic rings. The van der Waals surface area contributed by atoms with Crippen molar-refractivity contribution in [3.8, 4) is 0 Å². The first-order valence-corrected chi connectivity index (χ1v) is 8.74. The standard InChI is InChI=1S/C11H25NSi/c1-7-8-9-12(10-11(2)3)13(4,5)6/h10H,7-9H2,1-6H3. The first-order valence-electron chi connectivity index (χ1n) is 5.29. The van der Waals surface area contributed by atoms with Gasteiger partial charge in [0.2, 0.25) is 0 Å². The summed E-state index contributed by atoms with van der Waals surface area (Å²) in [7, 11) is -1.13. The smallest absolute Gasteiger partial charge is 0.146 e. The van der Waals surface area contributed by atoms with Crippen LogP contribution in [0.4, 0.5) is 0 Å². The van der Waals surface area contributed by atoms with Crippen molar-refractivity contribution in [2.75, 3.05) is 6.54 Å². The number of hydrogen-bond donors (Lipinski definition) is 0. The highest BCUT2D eigenvalue weighted by Crippen LogP contribution is 2.12. The molecule has 2 heteroatoms. The molecule has 0 fully saturated rings. The van der Waals surface area contributed by atoms with Gasteiger partial charge in [-0.25, -0.2) is 0 Å². The van der Waals surface area contributed by atoms with E-state index in [-0.39, 0.29) is 0 Å². The molecule has 0 bridgehead atoms. The minimum absolute atomic E-state index is 1.13. The first kappa shape index (κ1) is 12.8. The summed E-state index contributed by atoms with van der Waals surface area (Å²) < 4.78 is 2.58. The molecule has 0 saturated heterocycles. The predicted octanol–water partition coefficient (Wildman–Crippen LogP) is 3.85. The molecule has 0 aliphatic heterocycles. The first-order chi connectivity index (χ1) is 5.88. The van der Waals surface area contributed by atoms with E-state index in [1.165, 1.54) is 25.0 Å². The maximum atomic E-state index is 2.58. The van der Waals surface area contributed by atoms with Crippen molar-refractivity contribution >= 4 is 8.24 Å². The highest BCUT2D eigenvalue weighted by Gasteiger charge is 2.20. The molecular weight excluding hydrogens is 174 g/mol. The van der Waals surface area contributed by atoms with Gasteiger partial charge in [-0.2, -0.15) is 0 Å². The Morgan fingerprint density at radius 3 is 2.08 bits per heavy atom. The van der Waals surface area contributed by atoms with Gasteiger partial charge in [-0.05, 0) is 26.5 Å². The number of nitrogens with zero attached hydrogens (tertiary/aromatic N) is 1. The molecule has 0 radical (unpaired) electrons. The van der Waals surface area contributed by atoms with Crippen LogP contribution >= 0.6 is 0 Å². The fourth-order valence-corrected chi connectivity index (χ4v) is 2.71. The Balaban J connectivity index is 4.29. The van der Waals surface area contributed by atoms with Gasteiger partial charge in [-0.1, -0.05) is 38.6 Å². The van der Waals surface area contributed by atoms with Crippen LogP contribution in [-0.2, 0) is 0 Å². The van der Waals surface area contributed by atoms with Gasteiger partial charge < -0.3 is 4.57 Å². The molecule has 0 aromatic heterocycles. The van der Waals surface area contributed by atoms with Gasteiger partial charge in [0.1, 0.15) is 8.24 Å². The van der Waals surface area contributed by atoms with E-state index in [0.29, 0.717) is 0 Å². The summed E-state index contributed by atoms with van der Waals surface area (Å²) in [5, 5.41) is 0. The maximum Gasteiger partial charge on any atom is 0.146 e. The Hall–Kier alpha value is -0.243. The van der Waals surface area contributed by atoms with Gasteiger partial charge in [-0.3, -0.25) is 0 Å². The number of rotatable bonds is 5. The van der Waals surface area contributed by atoms with Crippen LogP contribution in [0.25, 0.3) is 0 Å². The fourth-order valence-electron chi connectivity index (χ4n) is 1.23. The van der Waals surface area contributed by atoms with Crippen molar-refractivity contribution in [3.63, 3.8) is 0 Å². The zero-order valence-corrected chi connectivity index (χ0v) is 11.1. The van der Waals surface area contributed by atoms with Crippen molar-refractivity contribution in [3.05, 3.63) is 11.8 Å². The van der Waals surface area contributed by atoms with Gasteiger partial charge in [0, 0.05) is 6.54 Å². The quantitative estimate of drug-likeness (QED) is 0.608. The monoisotopic (exact) mass is 199 g/mol. The average molecular weight is 199 g/mol. The zero-order valence-electron chi connectivity index (χ0n) is 10.1. The molecule has 0 atom stereocenters. The molecule has 0 heterocycles. The van der Waals surface area contributed by atoms with E-state index < -0.39 is 8.24 Å². The summed E-state index contributed by atoms with van der Waals surface area (Å²) in [5.41, 5.74) is 1.42. The van der Waals surface area contributed by atoms with E-state index in [2.05, 4.69) is 51.2 Å². The SMILES string of the molecule is CCCCN(C=C(C)C)[Si](C)(C)C. The topological polar surface area (TPSA) is 3.24 Å². The van der Waals surface area contributed by atoms with Crippen LogP contribution in [0.15, 0.2) is 11.8 Å². The van der Waals surface area contributed by atoms with Crippen LogP contribution in [-0.4, -0.2) is 19.3 Å². The lowest BCUT2D eigenvalue weighted by Gasteiger charge is -2.33. The predicted molar refractivity (Wildman–Crippen MR) is 64.4 cm³/mol. The molecule has 0 unspecified atom stereocenters. The zero-order chi connectivity index (χ0) is 10.5. The largest absolute Gasteiger partial charge is 0.404 e. The third kappa shape index (κ3) is 5.91. The lowest BCUT2D eigenvalue weighted by Crippen LogP contribution is -2.42. The molecule has 13 heavy (non-hydrogen) atoms. The molecule has 0 amide bonds. The van der Waals surface area contributed by atoms with Crippen molar-refractivity contribution in [2.24, 2.45) is 0 Å². The minimum atomic E-state index is -1.13. The van der Waals surface area contributed by atoms with Crippen LogP contribution in [0, 0.1) is 0 Å². The molecule has 0 N–H and O–H groups in total. The molecular formula is C11H25NSi. The normalized spacial score (nSPS) is 11.2. The molecule has 1 nitrogen and oxygen atoms in total. The Labute approximate surface area is 84.9 Å². The van der Waals surface area contributed by atoms with E-state index in [9.17, 15) is 0 Å². The third-order valence-corrected chi connectivity index (χ3v) is 4.10. The van der Waals surface area contributed by atoms with Crippen molar-refractivity contribution < 1.29 is 0 Å². The molecule has 0 aliphatic carbocycles. The highest BCUT2D eigenvalue weighted by molar-refractivity contribution is 6.73. The van der Waals surface area contributed by atoms with Crippen LogP contribution in [0.5, 0.6) is 0 Å². The van der Waals surface area contributed by atoms with Gasteiger partial charge >= 0.3 is 0 Å². The Morgan fingerprint density at radius 1 is 1.23 bits per heavy atom. The van der Waals surface area contributed by atoms with Gasteiger partial charge in [0.05, 0.1) is 0 Å². The van der Waals surface area contributed by atoms with E-state index in [1.807, 2.05) is 0 Å². The molecule has 0 rings (SSSR count). The Bertz CT molecular complexity index is 163. The summed E-state index contributed by atoms with van der Waals surface area (Å²) in [6.07, 6.45) is 4.94. The number of allylic oxidation sites excluding steroid dienone is 1.